The van der Waals surface area contributed by atoms with E-state index in [1.165, 1.54) is 6.07 Å². The lowest BCUT2D eigenvalue weighted by atomic mass is 10.2. The number of anilines is 1. The summed E-state index contributed by atoms with van der Waals surface area (Å²) in [5.74, 6) is 3.68. The summed E-state index contributed by atoms with van der Waals surface area (Å²) in [7, 11) is -4.09. The molecular weight excluding hydrogens is 222 g/mol. The molecule has 0 atom stereocenters. The minimum atomic E-state index is -4.09. The molecule has 0 fully saturated rings. The van der Waals surface area contributed by atoms with Crippen molar-refractivity contribution < 1.29 is 18.3 Å². The molecule has 8 heteroatoms. The number of nitrogens with one attached hydrogen (secondary N) is 1. The Labute approximate surface area is 85.7 Å². The highest BCUT2D eigenvalue weighted by molar-refractivity contribution is 7.89. The fraction of sp³-hybridized carbons (Fsp3) is 0. The molecule has 0 heterocycles. The summed E-state index contributed by atoms with van der Waals surface area (Å²) in [5, 5.41) is 13.6. The van der Waals surface area contributed by atoms with Crippen LogP contribution in [0.15, 0.2) is 23.1 Å². The van der Waals surface area contributed by atoms with E-state index in [-0.39, 0.29) is 5.69 Å². The number of nitrogens with two attached hydrogens (primary N) is 2. The zero-order chi connectivity index (χ0) is 11.6. The molecule has 0 aromatic heterocycles. The first kappa shape index (κ1) is 11.4. The summed E-state index contributed by atoms with van der Waals surface area (Å²) in [6, 6.07) is 3.49. The molecule has 0 spiro atoms. The van der Waals surface area contributed by atoms with Crippen molar-refractivity contribution in [2.45, 2.75) is 4.90 Å². The summed E-state index contributed by atoms with van der Waals surface area (Å²) in [4.78, 5) is 10.2. The SMILES string of the molecule is NNc1ccc(C(=O)O)c(S(N)(=O)=O)c1. The number of hydrogen-bond acceptors (Lipinski definition) is 5. The van der Waals surface area contributed by atoms with Gasteiger partial charge in [0, 0.05) is 5.69 Å². The number of nitrogen functional groups attached to an aromatic ring is 1. The lowest BCUT2D eigenvalue weighted by Gasteiger charge is -2.06. The first-order valence-corrected chi connectivity index (χ1v) is 5.27. The first-order chi connectivity index (χ1) is 6.86. The predicted octanol–water partition coefficient (Wildman–Crippen LogP) is -0.682. The third-order valence-corrected chi connectivity index (χ3v) is 2.64. The molecule has 1 aromatic rings. The van der Waals surface area contributed by atoms with Gasteiger partial charge in [-0.1, -0.05) is 0 Å². The van der Waals surface area contributed by atoms with Crippen LogP contribution >= 0.6 is 0 Å². The maximum absolute atomic E-state index is 11.1. The highest BCUT2D eigenvalue weighted by Gasteiger charge is 2.19. The van der Waals surface area contributed by atoms with E-state index >= 15 is 0 Å². The van der Waals surface area contributed by atoms with Crippen LogP contribution in [0, 0.1) is 0 Å². The molecule has 1 aromatic carbocycles. The van der Waals surface area contributed by atoms with Gasteiger partial charge >= 0.3 is 5.97 Å². The maximum atomic E-state index is 11.1. The quantitative estimate of drug-likeness (QED) is 0.402. The van der Waals surface area contributed by atoms with Crippen molar-refractivity contribution >= 4 is 21.7 Å². The van der Waals surface area contributed by atoms with Crippen LogP contribution in [0.1, 0.15) is 10.4 Å². The Morgan fingerprint density at radius 1 is 1.40 bits per heavy atom. The molecule has 0 aliphatic heterocycles. The molecule has 0 saturated heterocycles. The summed E-state index contributed by atoms with van der Waals surface area (Å²) in [6.07, 6.45) is 0. The van der Waals surface area contributed by atoms with Crippen molar-refractivity contribution in [3.63, 3.8) is 0 Å². The van der Waals surface area contributed by atoms with Gasteiger partial charge in [-0.3, -0.25) is 5.84 Å². The highest BCUT2D eigenvalue weighted by Crippen LogP contribution is 2.19. The van der Waals surface area contributed by atoms with Crippen molar-refractivity contribution in [3.8, 4) is 0 Å². The highest BCUT2D eigenvalue weighted by atomic mass is 32.2. The number of sulfonamides is 1. The average Bonchev–Trinajstić information content (AvgIpc) is 2.15. The number of carboxylic acid groups (broad SMARTS) is 1. The minimum Gasteiger partial charge on any atom is -0.478 e. The van der Waals surface area contributed by atoms with Gasteiger partial charge < -0.3 is 10.5 Å². The van der Waals surface area contributed by atoms with Crippen LogP contribution in [-0.4, -0.2) is 19.5 Å². The van der Waals surface area contributed by atoms with Gasteiger partial charge in [0.1, 0.15) is 0 Å². The van der Waals surface area contributed by atoms with E-state index < -0.39 is 26.5 Å². The van der Waals surface area contributed by atoms with Crippen LogP contribution in [-0.2, 0) is 10.0 Å². The van der Waals surface area contributed by atoms with Gasteiger partial charge in [0.15, 0.2) is 0 Å². The number of carbonyl (C=O) groups is 1. The van der Waals surface area contributed by atoms with Crippen LogP contribution in [0.4, 0.5) is 5.69 Å². The molecule has 1 rings (SSSR count). The first-order valence-electron chi connectivity index (χ1n) is 3.73. The molecule has 0 saturated carbocycles. The Hall–Kier alpha value is -1.64. The number of hydrogen-bond donors (Lipinski definition) is 4. The predicted molar refractivity (Wildman–Crippen MR) is 52.6 cm³/mol. The molecule has 82 valence electrons. The van der Waals surface area contributed by atoms with Gasteiger partial charge in [0.05, 0.1) is 10.5 Å². The summed E-state index contributed by atoms with van der Waals surface area (Å²) >= 11 is 0. The van der Waals surface area contributed by atoms with Gasteiger partial charge in [-0.05, 0) is 18.2 Å². The Balaban J connectivity index is 3.50. The number of primary sulfonamides is 1. The molecule has 7 nitrogen and oxygen atoms in total. The van der Waals surface area contributed by atoms with Crippen LogP contribution in [0.25, 0.3) is 0 Å². The van der Waals surface area contributed by atoms with Crippen LogP contribution < -0.4 is 16.4 Å². The van der Waals surface area contributed by atoms with Crippen molar-refractivity contribution in [1.82, 2.24) is 0 Å². The van der Waals surface area contributed by atoms with Crippen LogP contribution in [0.5, 0.6) is 0 Å². The largest absolute Gasteiger partial charge is 0.478 e. The Kier molecular flexibility index (Phi) is 2.93. The standard InChI is InChI=1S/C7H9N3O4S/c8-10-4-1-2-5(7(11)12)6(3-4)15(9,13)14/h1-3,10H,8H2,(H,11,12)(H2,9,13,14). The number of hydrazine groups is 1. The van der Waals surface area contributed by atoms with Gasteiger partial charge in [-0.25, -0.2) is 18.4 Å². The second kappa shape index (κ2) is 3.85. The average molecular weight is 231 g/mol. The Morgan fingerprint density at radius 3 is 2.40 bits per heavy atom. The molecular formula is C7H9N3O4S. The number of benzene rings is 1. The zero-order valence-electron chi connectivity index (χ0n) is 7.47. The topological polar surface area (TPSA) is 136 Å². The normalized spacial score (nSPS) is 11.1. The number of carboxylic acids is 1. The van der Waals surface area contributed by atoms with Crippen molar-refractivity contribution in [3.05, 3.63) is 23.8 Å². The fourth-order valence-corrected chi connectivity index (χ4v) is 1.78. The second-order valence-electron chi connectivity index (χ2n) is 2.71. The van der Waals surface area contributed by atoms with E-state index in [1.54, 1.807) is 0 Å². The van der Waals surface area contributed by atoms with E-state index in [1.807, 2.05) is 0 Å². The molecule has 0 bridgehead atoms. The van der Waals surface area contributed by atoms with Gasteiger partial charge in [0.2, 0.25) is 10.0 Å². The van der Waals surface area contributed by atoms with Gasteiger partial charge in [0.25, 0.3) is 0 Å². The van der Waals surface area contributed by atoms with Crippen LogP contribution in [0.2, 0.25) is 0 Å². The van der Waals surface area contributed by atoms with E-state index in [2.05, 4.69) is 5.43 Å². The molecule has 15 heavy (non-hydrogen) atoms. The maximum Gasteiger partial charge on any atom is 0.337 e. The number of aromatic carboxylic acids is 1. The smallest absolute Gasteiger partial charge is 0.337 e. The molecule has 0 amide bonds. The summed E-state index contributed by atoms with van der Waals surface area (Å²) < 4.78 is 22.1. The van der Waals surface area contributed by atoms with E-state index in [9.17, 15) is 13.2 Å². The number of rotatable bonds is 3. The molecule has 0 radical (unpaired) electrons. The summed E-state index contributed by atoms with van der Waals surface area (Å²) in [5.41, 5.74) is 2.05. The summed E-state index contributed by atoms with van der Waals surface area (Å²) in [6.45, 7) is 0. The Bertz CT molecular complexity index is 497. The molecule has 6 N–H and O–H groups in total. The van der Waals surface area contributed by atoms with E-state index in [0.29, 0.717) is 0 Å². The minimum absolute atomic E-state index is 0.254. The van der Waals surface area contributed by atoms with Gasteiger partial charge in [-0.2, -0.15) is 0 Å². The van der Waals surface area contributed by atoms with E-state index in [4.69, 9.17) is 16.1 Å². The van der Waals surface area contributed by atoms with Crippen molar-refractivity contribution in [2.24, 2.45) is 11.0 Å². The Morgan fingerprint density at radius 2 is 2.00 bits per heavy atom. The monoisotopic (exact) mass is 231 g/mol. The third kappa shape index (κ3) is 2.43. The van der Waals surface area contributed by atoms with E-state index in [0.717, 1.165) is 12.1 Å². The van der Waals surface area contributed by atoms with Crippen LogP contribution in [0.3, 0.4) is 0 Å². The second-order valence-corrected chi connectivity index (χ2v) is 4.24. The molecule has 0 aliphatic carbocycles. The molecule has 0 unspecified atom stereocenters. The van der Waals surface area contributed by atoms with Crippen molar-refractivity contribution in [2.75, 3.05) is 5.43 Å². The fourth-order valence-electron chi connectivity index (χ4n) is 1.02. The lowest BCUT2D eigenvalue weighted by Crippen LogP contribution is -2.18. The zero-order valence-corrected chi connectivity index (χ0v) is 8.28. The lowest BCUT2D eigenvalue weighted by molar-refractivity contribution is 0.0692. The van der Waals surface area contributed by atoms with Crippen molar-refractivity contribution in [1.29, 1.82) is 0 Å². The third-order valence-electron chi connectivity index (χ3n) is 1.69. The molecule has 0 aliphatic rings. The van der Waals surface area contributed by atoms with Gasteiger partial charge in [-0.15, -0.1) is 0 Å².